The molecule has 9 nitrogen and oxygen atoms in total. The number of esters is 2. The maximum Gasteiger partial charge on any atom is 0.340 e. The molecule has 3 aliphatic heterocycles. The number of hydrogen-bond donors (Lipinski definition) is 5. The number of hydrogen-bond acceptors (Lipinski definition) is 9. The second-order valence-electron chi connectivity index (χ2n) is 17.5. The highest BCUT2D eigenvalue weighted by Crippen LogP contribution is 2.72. The van der Waals surface area contributed by atoms with Crippen molar-refractivity contribution in [3.05, 3.63) is 130 Å². The molecule has 0 aromatic heterocycles. The number of carbonyl (C=O) groups is 2. The first kappa shape index (κ1) is 39.6. The minimum Gasteiger partial charge on any atom is -0.508 e. The zero-order chi connectivity index (χ0) is 40.7. The van der Waals surface area contributed by atoms with Crippen LogP contribution in [0.15, 0.2) is 113 Å². The highest BCUT2D eigenvalue weighted by molar-refractivity contribution is 6.07. The Kier molecular flexibility index (Phi) is 11.2. The lowest BCUT2D eigenvalue weighted by atomic mass is 9.44. The molecule has 2 bridgehead atoms. The number of carbonyl (C=O) groups excluding carboxylic acids is 2. The van der Waals surface area contributed by atoms with Crippen LogP contribution >= 0.6 is 0 Å². The van der Waals surface area contributed by atoms with E-state index in [0.717, 1.165) is 77.7 Å². The monoisotopic (exact) mass is 796 g/mol. The van der Waals surface area contributed by atoms with Gasteiger partial charge >= 0.3 is 11.9 Å². The van der Waals surface area contributed by atoms with Crippen LogP contribution in [0.3, 0.4) is 0 Å². The number of aliphatic hydroxyl groups excluding tert-OH is 2. The van der Waals surface area contributed by atoms with E-state index in [1.165, 1.54) is 0 Å². The molecule has 0 radical (unpaired) electrons. The van der Waals surface area contributed by atoms with Crippen molar-refractivity contribution in [2.24, 2.45) is 40.9 Å². The minimum absolute atomic E-state index is 0.0159. The van der Waals surface area contributed by atoms with Crippen LogP contribution in [0.5, 0.6) is 5.75 Å². The van der Waals surface area contributed by atoms with Crippen molar-refractivity contribution in [3.8, 4) is 16.9 Å². The lowest BCUT2D eigenvalue weighted by Crippen LogP contribution is -2.52. The van der Waals surface area contributed by atoms with E-state index >= 15 is 0 Å². The Balaban J connectivity index is 1.21. The van der Waals surface area contributed by atoms with Gasteiger partial charge in [0, 0.05) is 36.8 Å². The van der Waals surface area contributed by atoms with Crippen molar-refractivity contribution >= 4 is 17.5 Å². The molecule has 6 atom stereocenters. The first-order valence-electron chi connectivity index (χ1n) is 21.7. The van der Waals surface area contributed by atoms with Crippen LogP contribution < -0.4 is 10.6 Å². The van der Waals surface area contributed by atoms with Crippen molar-refractivity contribution in [3.63, 3.8) is 0 Å². The van der Waals surface area contributed by atoms with Gasteiger partial charge in [0.2, 0.25) is 0 Å². The third-order valence-corrected chi connectivity index (χ3v) is 14.4. The van der Waals surface area contributed by atoms with E-state index in [9.17, 15) is 24.9 Å². The number of phenols is 1. The highest BCUT2D eigenvalue weighted by Gasteiger charge is 2.68. The fourth-order valence-corrected chi connectivity index (χ4v) is 11.8. The molecule has 0 unspecified atom stereocenters. The molecule has 1 saturated carbocycles. The summed E-state index contributed by atoms with van der Waals surface area (Å²) < 4.78 is 12.7. The summed E-state index contributed by atoms with van der Waals surface area (Å²) in [6, 6.07) is 24.0. The van der Waals surface area contributed by atoms with E-state index in [0.29, 0.717) is 67.2 Å². The Morgan fingerprint density at radius 1 is 0.898 bits per heavy atom. The Bertz CT molecular complexity index is 2230. The number of nitrogens with one attached hydrogen (secondary N) is 2. The summed E-state index contributed by atoms with van der Waals surface area (Å²) in [7, 11) is 1.92. The van der Waals surface area contributed by atoms with Crippen LogP contribution in [-0.4, -0.2) is 60.6 Å². The number of allylic oxidation sites excluding steroid dienone is 5. The van der Waals surface area contributed by atoms with Gasteiger partial charge in [-0.1, -0.05) is 54.6 Å². The largest absolute Gasteiger partial charge is 0.508 e. The third kappa shape index (κ3) is 7.10. The van der Waals surface area contributed by atoms with Crippen LogP contribution in [-0.2, 0) is 32.0 Å². The zero-order valence-corrected chi connectivity index (χ0v) is 33.9. The Labute approximate surface area is 346 Å². The minimum atomic E-state index is -0.939. The van der Waals surface area contributed by atoms with E-state index in [1.807, 2.05) is 49.5 Å². The fraction of sp³-hybridized carbons (Fsp3) is 0.440. The number of piperidine rings is 1. The van der Waals surface area contributed by atoms with E-state index in [4.69, 9.17) is 9.47 Å². The van der Waals surface area contributed by atoms with Gasteiger partial charge in [0.05, 0.1) is 11.0 Å². The predicted octanol–water partition coefficient (Wildman–Crippen LogP) is 7.39. The average Bonchev–Trinajstić information content (AvgIpc) is 3.74. The topological polar surface area (TPSA) is 137 Å². The number of ether oxygens (including phenoxy) is 2. The highest BCUT2D eigenvalue weighted by atomic mass is 16.6. The second kappa shape index (κ2) is 16.7. The van der Waals surface area contributed by atoms with Gasteiger partial charge in [-0.2, -0.15) is 0 Å². The number of phenolic OH excluding ortho intramolecular Hbond substituents is 1. The van der Waals surface area contributed by atoms with Gasteiger partial charge in [0.15, 0.2) is 0 Å². The molecule has 3 heterocycles. The molecular weight excluding hydrogens is 741 g/mol. The molecule has 9 heteroatoms. The molecule has 308 valence electrons. The van der Waals surface area contributed by atoms with Crippen LogP contribution in [0, 0.1) is 40.9 Å². The predicted molar refractivity (Wildman–Crippen MR) is 226 cm³/mol. The molecule has 5 N–H and O–H groups in total. The normalized spacial score (nSPS) is 27.5. The molecule has 10 rings (SSSR count). The Morgan fingerprint density at radius 3 is 2.49 bits per heavy atom. The van der Waals surface area contributed by atoms with Gasteiger partial charge in [-0.05, 0) is 171 Å². The summed E-state index contributed by atoms with van der Waals surface area (Å²) >= 11 is 0. The molecule has 4 aliphatic carbocycles. The quantitative estimate of drug-likeness (QED) is 0.112. The number of rotatable bonds is 13. The Hall–Kier alpha value is -4.80. The third-order valence-electron chi connectivity index (χ3n) is 14.4. The summed E-state index contributed by atoms with van der Waals surface area (Å²) in [5.41, 5.74) is 7.16. The summed E-state index contributed by atoms with van der Waals surface area (Å²) in [6.07, 6.45) is 10.8. The fourth-order valence-electron chi connectivity index (χ4n) is 11.8. The van der Waals surface area contributed by atoms with Crippen molar-refractivity contribution in [2.75, 3.05) is 33.4 Å². The first-order chi connectivity index (χ1) is 28.8. The van der Waals surface area contributed by atoms with Gasteiger partial charge in [0.25, 0.3) is 0 Å². The van der Waals surface area contributed by atoms with Gasteiger partial charge < -0.3 is 35.4 Å². The summed E-state index contributed by atoms with van der Waals surface area (Å²) in [5.74, 6) is 0.528. The van der Waals surface area contributed by atoms with Crippen LogP contribution in [0.2, 0.25) is 0 Å². The molecule has 59 heavy (non-hydrogen) atoms. The van der Waals surface area contributed by atoms with E-state index in [-0.39, 0.29) is 54.5 Å². The van der Waals surface area contributed by atoms with Gasteiger partial charge in [0.1, 0.15) is 17.3 Å². The van der Waals surface area contributed by atoms with Crippen molar-refractivity contribution in [2.45, 2.75) is 64.3 Å². The maximum absolute atomic E-state index is 14.8. The zero-order valence-electron chi connectivity index (χ0n) is 33.9. The number of cyclic esters (lactones) is 2. The number of aliphatic hydroxyl groups is 2. The van der Waals surface area contributed by atoms with Crippen molar-refractivity contribution in [1.82, 2.24) is 10.6 Å². The van der Waals surface area contributed by atoms with Gasteiger partial charge in [-0.25, -0.2) is 9.59 Å². The maximum atomic E-state index is 14.8. The standard InChI is InChI=1S/C50H56N2O7/c1-51-28-32-8-5-9-34(25-32)37-12-11-36(55)27-41(37)44-38-16-20-50(43(59-49(57)47(44)50)26-31(19-23-53)24-30-6-3-2-4-7-30)46-39(38)13-14-40-42(58-48(56)45(40)46)15-10-35(29-54)33-17-21-52-22-18-33/h2-9,11-12,15,25-27,31,33,35,38-39,46,51-55H,10,13-14,16-24,28-29H2,1H3/b42-15?,43-26-/t31-,35-,38-,39+,46-,50-/m1/s1. The lowest BCUT2D eigenvalue weighted by Gasteiger charge is -2.56. The SMILES string of the molecule is CNCc1cccc(-c2ccc(O)cc2C2=C3C(=O)O/C(=C\[C@H](CCO)Cc4ccccc4)[C@@]34CC[C@@H]2[C@@H]2CCC3=C(C(=O)OC3=CC[C@H](CO)C3CCNCC3)[C@@H]24)c1. The molecule has 3 fully saturated rings. The summed E-state index contributed by atoms with van der Waals surface area (Å²) in [5, 5.41) is 38.5. The van der Waals surface area contributed by atoms with E-state index in [2.05, 4.69) is 47.0 Å². The molecule has 0 amide bonds. The van der Waals surface area contributed by atoms with Crippen molar-refractivity contribution < 1.29 is 34.4 Å². The summed E-state index contributed by atoms with van der Waals surface area (Å²) in [4.78, 5) is 29.2. The molecule has 3 aromatic carbocycles. The number of benzene rings is 3. The lowest BCUT2D eigenvalue weighted by molar-refractivity contribution is -0.135. The van der Waals surface area contributed by atoms with Crippen molar-refractivity contribution in [1.29, 1.82) is 0 Å². The van der Waals surface area contributed by atoms with E-state index in [1.54, 1.807) is 6.07 Å². The number of aromatic hydroxyl groups is 1. The smallest absolute Gasteiger partial charge is 0.340 e. The average molecular weight is 797 g/mol. The van der Waals surface area contributed by atoms with E-state index < -0.39 is 11.4 Å². The molecular formula is C50H56N2O7. The van der Waals surface area contributed by atoms with Gasteiger partial charge in [-0.15, -0.1) is 0 Å². The number of fused-ring (bicyclic) bond motifs is 1. The molecule has 7 aliphatic rings. The van der Waals surface area contributed by atoms with Crippen LogP contribution in [0.1, 0.15) is 68.1 Å². The van der Waals surface area contributed by atoms with Crippen LogP contribution in [0.4, 0.5) is 0 Å². The Morgan fingerprint density at radius 2 is 1.71 bits per heavy atom. The second-order valence-corrected chi connectivity index (χ2v) is 17.5. The summed E-state index contributed by atoms with van der Waals surface area (Å²) in [6.45, 7) is 2.65. The first-order valence-corrected chi connectivity index (χ1v) is 21.7. The molecule has 1 spiro atoms. The molecule has 3 aromatic rings. The van der Waals surface area contributed by atoms with Gasteiger partial charge in [-0.3, -0.25) is 0 Å². The van der Waals surface area contributed by atoms with Crippen LogP contribution in [0.25, 0.3) is 16.7 Å². The molecule has 2 saturated heterocycles.